The topological polar surface area (TPSA) is 52.2 Å². The summed E-state index contributed by atoms with van der Waals surface area (Å²) >= 11 is 1.36. The molecule has 0 aromatic carbocycles. The summed E-state index contributed by atoms with van der Waals surface area (Å²) < 4.78 is 3.97. The van der Waals surface area contributed by atoms with Crippen molar-refractivity contribution in [1.29, 1.82) is 0 Å². The van der Waals surface area contributed by atoms with Crippen LogP contribution in [-0.2, 0) is 7.05 Å². The molecule has 0 N–H and O–H groups in total. The normalized spacial score (nSPS) is 12.7. The zero-order chi connectivity index (χ0) is 12.0. The summed E-state index contributed by atoms with van der Waals surface area (Å²) in [5, 5.41) is 4.06. The van der Waals surface area contributed by atoms with Crippen LogP contribution >= 0.6 is 11.3 Å². The average Bonchev–Trinajstić information content (AvgIpc) is 2.90. The summed E-state index contributed by atoms with van der Waals surface area (Å²) in [7, 11) is 1.94. The van der Waals surface area contributed by atoms with Crippen molar-refractivity contribution in [2.45, 2.75) is 6.92 Å². The highest BCUT2D eigenvalue weighted by Gasteiger charge is 2.07. The van der Waals surface area contributed by atoms with E-state index in [1.54, 1.807) is 6.92 Å². The van der Waals surface area contributed by atoms with Gasteiger partial charge in [-0.05, 0) is 25.1 Å². The molecule has 0 unspecified atom stereocenters. The molecule has 0 radical (unpaired) electrons. The number of hydrogen-bond donors (Lipinski definition) is 0. The van der Waals surface area contributed by atoms with E-state index in [4.69, 9.17) is 0 Å². The fourth-order valence-corrected chi connectivity index (χ4v) is 2.63. The Hall–Kier alpha value is -1.95. The van der Waals surface area contributed by atoms with E-state index in [2.05, 4.69) is 10.1 Å². The molecule has 86 valence electrons. The van der Waals surface area contributed by atoms with Crippen molar-refractivity contribution in [3.63, 3.8) is 0 Å². The summed E-state index contributed by atoms with van der Waals surface area (Å²) in [5.41, 5.74) is 0.884. The molecule has 0 aliphatic carbocycles. The molecule has 0 amide bonds. The molecule has 0 saturated heterocycles. The van der Waals surface area contributed by atoms with E-state index < -0.39 is 0 Å². The van der Waals surface area contributed by atoms with E-state index in [1.807, 2.05) is 36.0 Å². The van der Waals surface area contributed by atoms with E-state index >= 15 is 0 Å². The van der Waals surface area contributed by atoms with Crippen LogP contribution in [0.4, 0.5) is 0 Å². The lowest BCUT2D eigenvalue weighted by molar-refractivity contribution is 0.900. The smallest absolute Gasteiger partial charge is 0.291 e. The lowest BCUT2D eigenvalue weighted by Gasteiger charge is -1.92. The van der Waals surface area contributed by atoms with Crippen LogP contribution in [0.2, 0.25) is 0 Å². The first kappa shape index (κ1) is 10.2. The van der Waals surface area contributed by atoms with Crippen LogP contribution in [0.3, 0.4) is 0 Å². The quantitative estimate of drug-likeness (QED) is 0.622. The second kappa shape index (κ2) is 3.53. The third-order valence-electron chi connectivity index (χ3n) is 2.55. The first-order valence-corrected chi connectivity index (χ1v) is 5.96. The van der Waals surface area contributed by atoms with Gasteiger partial charge in [0.15, 0.2) is 0 Å². The van der Waals surface area contributed by atoms with Gasteiger partial charge in [0.05, 0.1) is 0 Å². The molecule has 0 saturated carbocycles. The Morgan fingerprint density at radius 1 is 1.47 bits per heavy atom. The Bertz CT molecular complexity index is 795. The second-order valence-electron chi connectivity index (χ2n) is 3.81. The van der Waals surface area contributed by atoms with Crippen LogP contribution in [0.25, 0.3) is 11.0 Å². The van der Waals surface area contributed by atoms with E-state index in [0.29, 0.717) is 15.3 Å². The Labute approximate surface area is 101 Å². The van der Waals surface area contributed by atoms with Gasteiger partial charge in [-0.2, -0.15) is 4.52 Å². The van der Waals surface area contributed by atoms with Gasteiger partial charge in [0.25, 0.3) is 5.56 Å². The highest BCUT2D eigenvalue weighted by molar-refractivity contribution is 7.15. The molecule has 3 rings (SSSR count). The number of nitrogens with zero attached hydrogens (tertiary/aromatic N) is 4. The first-order valence-electron chi connectivity index (χ1n) is 5.14. The third-order valence-corrected chi connectivity index (χ3v) is 3.51. The molecular formula is C11H10N4OS. The van der Waals surface area contributed by atoms with Crippen LogP contribution in [-0.4, -0.2) is 19.2 Å². The molecule has 0 aliphatic heterocycles. The second-order valence-corrected chi connectivity index (χ2v) is 4.82. The molecule has 0 bridgehead atoms. The van der Waals surface area contributed by atoms with Crippen molar-refractivity contribution < 1.29 is 0 Å². The van der Waals surface area contributed by atoms with Gasteiger partial charge in [-0.25, -0.2) is 4.98 Å². The molecule has 0 aliphatic rings. The molecule has 6 heteroatoms. The van der Waals surface area contributed by atoms with Gasteiger partial charge in [0, 0.05) is 18.9 Å². The Morgan fingerprint density at radius 2 is 2.29 bits per heavy atom. The zero-order valence-electron chi connectivity index (χ0n) is 9.41. The molecule has 3 aromatic heterocycles. The van der Waals surface area contributed by atoms with Crippen molar-refractivity contribution >= 4 is 22.4 Å². The molecule has 17 heavy (non-hydrogen) atoms. The zero-order valence-corrected chi connectivity index (χ0v) is 10.2. The minimum Gasteiger partial charge on any atom is -0.351 e. The van der Waals surface area contributed by atoms with E-state index in [-0.39, 0.29) is 5.56 Å². The maximum absolute atomic E-state index is 12.0. The van der Waals surface area contributed by atoms with Crippen LogP contribution in [0.1, 0.15) is 11.5 Å². The monoisotopic (exact) mass is 246 g/mol. The number of aromatic nitrogens is 4. The van der Waals surface area contributed by atoms with Gasteiger partial charge in [0.2, 0.25) is 4.96 Å². The van der Waals surface area contributed by atoms with Gasteiger partial charge >= 0.3 is 0 Å². The van der Waals surface area contributed by atoms with Crippen LogP contribution in [0, 0.1) is 6.92 Å². The first-order chi connectivity index (χ1) is 8.15. The summed E-state index contributed by atoms with van der Waals surface area (Å²) in [4.78, 5) is 16.8. The number of thiazole rings is 1. The largest absolute Gasteiger partial charge is 0.351 e. The maximum atomic E-state index is 12.0. The standard InChI is InChI=1S/C11H10N4OS/c1-7-12-11-15(13-7)10(16)9(17-11)6-8-4-3-5-14(8)2/h3-6H,1-2H3. The van der Waals surface area contributed by atoms with Gasteiger partial charge in [-0.3, -0.25) is 4.79 Å². The lowest BCUT2D eigenvalue weighted by Crippen LogP contribution is -2.24. The predicted octanol–water partition coefficient (Wildman–Crippen LogP) is 0.346. The molecule has 0 spiro atoms. The van der Waals surface area contributed by atoms with Gasteiger partial charge in [-0.1, -0.05) is 11.3 Å². The molecular weight excluding hydrogens is 236 g/mol. The summed E-state index contributed by atoms with van der Waals surface area (Å²) in [6.45, 7) is 1.78. The average molecular weight is 246 g/mol. The van der Waals surface area contributed by atoms with E-state index in [9.17, 15) is 4.79 Å². The van der Waals surface area contributed by atoms with E-state index in [0.717, 1.165) is 5.69 Å². The van der Waals surface area contributed by atoms with E-state index in [1.165, 1.54) is 15.9 Å². The third kappa shape index (κ3) is 1.57. The highest BCUT2D eigenvalue weighted by Crippen LogP contribution is 2.03. The number of fused-ring (bicyclic) bond motifs is 1. The van der Waals surface area contributed by atoms with Crippen LogP contribution in [0.15, 0.2) is 23.1 Å². The van der Waals surface area contributed by atoms with Crippen molar-refractivity contribution in [1.82, 2.24) is 19.2 Å². The summed E-state index contributed by atoms with van der Waals surface area (Å²) in [5.74, 6) is 0.624. The number of hydrogen-bond acceptors (Lipinski definition) is 4. The highest BCUT2D eigenvalue weighted by atomic mass is 32.1. The molecule has 3 heterocycles. The minimum absolute atomic E-state index is 0.105. The minimum atomic E-state index is -0.105. The molecule has 3 aromatic rings. The van der Waals surface area contributed by atoms with Gasteiger partial charge < -0.3 is 4.57 Å². The number of rotatable bonds is 1. The van der Waals surface area contributed by atoms with Crippen LogP contribution < -0.4 is 10.1 Å². The fourth-order valence-electron chi connectivity index (χ4n) is 1.69. The Morgan fingerprint density at radius 3 is 2.94 bits per heavy atom. The summed E-state index contributed by atoms with van der Waals surface area (Å²) in [6, 6.07) is 3.90. The molecule has 5 nitrogen and oxygen atoms in total. The van der Waals surface area contributed by atoms with Crippen molar-refractivity contribution in [2.75, 3.05) is 0 Å². The van der Waals surface area contributed by atoms with Crippen LogP contribution in [0.5, 0.6) is 0 Å². The van der Waals surface area contributed by atoms with Crippen molar-refractivity contribution in [3.05, 3.63) is 44.7 Å². The van der Waals surface area contributed by atoms with Gasteiger partial charge in [-0.15, -0.1) is 5.10 Å². The SMILES string of the molecule is Cc1nc2sc(=Cc3cccn3C)c(=O)n2n1. The Balaban J connectivity index is 2.28. The van der Waals surface area contributed by atoms with Gasteiger partial charge in [0.1, 0.15) is 10.4 Å². The van der Waals surface area contributed by atoms with Crippen molar-refractivity contribution in [3.8, 4) is 0 Å². The fraction of sp³-hybridized carbons (Fsp3) is 0.182. The lowest BCUT2D eigenvalue weighted by atomic mass is 10.4. The maximum Gasteiger partial charge on any atom is 0.291 e. The van der Waals surface area contributed by atoms with Crippen molar-refractivity contribution in [2.24, 2.45) is 7.05 Å². The predicted molar refractivity (Wildman–Crippen MR) is 66.1 cm³/mol. The molecule has 0 fully saturated rings. The summed E-state index contributed by atoms with van der Waals surface area (Å²) in [6.07, 6.45) is 3.80. The Kier molecular flexibility index (Phi) is 2.12. The number of aryl methyl sites for hydroxylation is 2. The molecule has 0 atom stereocenters.